The second-order valence-electron chi connectivity index (χ2n) is 5.08. The number of benzene rings is 1. The van der Waals surface area contributed by atoms with Gasteiger partial charge >= 0.3 is 0 Å². The molecule has 0 radical (unpaired) electrons. The van der Waals surface area contributed by atoms with Crippen LogP contribution < -0.4 is 0 Å². The van der Waals surface area contributed by atoms with E-state index in [4.69, 9.17) is 4.98 Å². The average Bonchev–Trinajstić information content (AvgIpc) is 2.51. The lowest BCUT2D eigenvalue weighted by Crippen LogP contribution is -2.28. The third kappa shape index (κ3) is 3.17. The number of aryl methyl sites for hydroxylation is 1. The van der Waals surface area contributed by atoms with Gasteiger partial charge in [0.15, 0.2) is 0 Å². The fourth-order valence-electron chi connectivity index (χ4n) is 2.50. The molecule has 3 heteroatoms. The smallest absolute Gasteiger partial charge is 0.0937 e. The zero-order chi connectivity index (χ0) is 14.5. The highest BCUT2D eigenvalue weighted by Crippen LogP contribution is 2.24. The molecule has 0 bridgehead atoms. The van der Waals surface area contributed by atoms with Crippen LogP contribution in [0.25, 0.3) is 10.9 Å². The van der Waals surface area contributed by atoms with Crippen LogP contribution in [0.2, 0.25) is 0 Å². The summed E-state index contributed by atoms with van der Waals surface area (Å²) in [6.07, 6.45) is 0.425. The first-order chi connectivity index (χ1) is 9.69. The molecule has 0 saturated carbocycles. The Hall–Kier alpha value is -1.45. The number of nitrogens with zero attached hydrogens (tertiary/aromatic N) is 2. The van der Waals surface area contributed by atoms with Crippen molar-refractivity contribution in [3.8, 4) is 0 Å². The Labute approximate surface area is 121 Å². The van der Waals surface area contributed by atoms with Gasteiger partial charge < -0.3 is 10.0 Å². The maximum Gasteiger partial charge on any atom is 0.0937 e. The van der Waals surface area contributed by atoms with Crippen LogP contribution in [-0.2, 0) is 6.42 Å². The van der Waals surface area contributed by atoms with Gasteiger partial charge in [-0.1, -0.05) is 45.0 Å². The Morgan fingerprint density at radius 3 is 2.50 bits per heavy atom. The Balaban J connectivity index is 2.37. The fraction of sp³-hybridized carbons (Fsp3) is 0.471. The molecule has 20 heavy (non-hydrogen) atoms. The number of pyridine rings is 1. The summed E-state index contributed by atoms with van der Waals surface area (Å²) < 4.78 is 0. The van der Waals surface area contributed by atoms with Gasteiger partial charge in [-0.3, -0.25) is 4.98 Å². The molecule has 0 saturated heterocycles. The zero-order valence-electron chi connectivity index (χ0n) is 12.6. The Bertz CT molecular complexity index is 564. The lowest BCUT2D eigenvalue weighted by molar-refractivity contribution is 0.120. The number of hydrogen-bond donors (Lipinski definition) is 1. The second kappa shape index (κ2) is 6.82. The number of fused-ring (bicyclic) bond motifs is 1. The minimum atomic E-state index is -0.488. The predicted molar refractivity (Wildman–Crippen MR) is 83.9 cm³/mol. The molecule has 0 aliphatic heterocycles. The topological polar surface area (TPSA) is 36.4 Å². The monoisotopic (exact) mass is 272 g/mol. The SMILES string of the molecule is CCc1ccc2cccc([C@@H](O)CN(CC)CC)c2n1. The van der Waals surface area contributed by atoms with Gasteiger partial charge in [-0.05, 0) is 25.6 Å². The molecule has 0 unspecified atom stereocenters. The Morgan fingerprint density at radius 1 is 1.10 bits per heavy atom. The maximum absolute atomic E-state index is 10.5. The summed E-state index contributed by atoms with van der Waals surface area (Å²) in [7, 11) is 0. The normalized spacial score (nSPS) is 13.1. The number of rotatable bonds is 6. The predicted octanol–water partition coefficient (Wildman–Crippen LogP) is 3.17. The van der Waals surface area contributed by atoms with Crippen molar-refractivity contribution in [3.05, 3.63) is 41.6 Å². The van der Waals surface area contributed by atoms with Crippen molar-refractivity contribution in [1.82, 2.24) is 9.88 Å². The van der Waals surface area contributed by atoms with Crippen LogP contribution in [0, 0.1) is 0 Å². The number of hydrogen-bond acceptors (Lipinski definition) is 3. The van der Waals surface area contributed by atoms with Crippen molar-refractivity contribution < 1.29 is 5.11 Å². The van der Waals surface area contributed by atoms with Gasteiger partial charge in [-0.25, -0.2) is 0 Å². The highest BCUT2D eigenvalue weighted by atomic mass is 16.3. The molecule has 3 nitrogen and oxygen atoms in total. The molecule has 0 spiro atoms. The van der Waals surface area contributed by atoms with Gasteiger partial charge in [-0.15, -0.1) is 0 Å². The molecular weight excluding hydrogens is 248 g/mol. The number of aliphatic hydroxyl groups excluding tert-OH is 1. The highest BCUT2D eigenvalue weighted by molar-refractivity contribution is 5.82. The largest absolute Gasteiger partial charge is 0.387 e. The van der Waals surface area contributed by atoms with Gasteiger partial charge in [0, 0.05) is 23.2 Å². The molecule has 0 amide bonds. The van der Waals surface area contributed by atoms with Crippen molar-refractivity contribution in [2.45, 2.75) is 33.3 Å². The van der Waals surface area contributed by atoms with Crippen LogP contribution in [0.4, 0.5) is 0 Å². The summed E-state index contributed by atoms with van der Waals surface area (Å²) in [5, 5.41) is 11.6. The van der Waals surface area contributed by atoms with Crippen LogP contribution in [0.15, 0.2) is 30.3 Å². The molecule has 1 heterocycles. The molecule has 0 aliphatic carbocycles. The molecule has 1 aromatic carbocycles. The number of aliphatic hydroxyl groups is 1. The maximum atomic E-state index is 10.5. The van der Waals surface area contributed by atoms with Gasteiger partial charge in [-0.2, -0.15) is 0 Å². The fourth-order valence-corrected chi connectivity index (χ4v) is 2.50. The number of aromatic nitrogens is 1. The standard InChI is InChI=1S/C17H24N2O/c1-4-14-11-10-13-8-7-9-15(17(13)18-14)16(20)12-19(5-2)6-3/h7-11,16,20H,4-6,12H2,1-3H3/t16-/m0/s1. The van der Waals surface area contributed by atoms with Crippen molar-refractivity contribution in [2.24, 2.45) is 0 Å². The van der Waals surface area contributed by atoms with E-state index in [0.29, 0.717) is 6.54 Å². The first-order valence-electron chi connectivity index (χ1n) is 7.48. The molecule has 108 valence electrons. The summed E-state index contributed by atoms with van der Waals surface area (Å²) in [4.78, 5) is 6.92. The summed E-state index contributed by atoms with van der Waals surface area (Å²) in [5.74, 6) is 0. The Kier molecular flexibility index (Phi) is 5.10. The number of para-hydroxylation sites is 1. The van der Waals surface area contributed by atoms with E-state index in [0.717, 1.165) is 41.7 Å². The van der Waals surface area contributed by atoms with Gasteiger partial charge in [0.1, 0.15) is 0 Å². The van der Waals surface area contributed by atoms with Gasteiger partial charge in [0.2, 0.25) is 0 Å². The van der Waals surface area contributed by atoms with E-state index >= 15 is 0 Å². The molecule has 1 N–H and O–H groups in total. The van der Waals surface area contributed by atoms with Crippen molar-refractivity contribution in [1.29, 1.82) is 0 Å². The van der Waals surface area contributed by atoms with E-state index < -0.39 is 6.10 Å². The van der Waals surface area contributed by atoms with Gasteiger partial charge in [0.25, 0.3) is 0 Å². The molecule has 2 aromatic rings. The molecule has 0 fully saturated rings. The van der Waals surface area contributed by atoms with E-state index in [1.54, 1.807) is 0 Å². The average molecular weight is 272 g/mol. The van der Waals surface area contributed by atoms with Crippen molar-refractivity contribution >= 4 is 10.9 Å². The summed E-state index contributed by atoms with van der Waals surface area (Å²) in [5.41, 5.74) is 2.94. The van der Waals surface area contributed by atoms with E-state index in [2.05, 4.69) is 43.9 Å². The first-order valence-corrected chi connectivity index (χ1v) is 7.48. The molecule has 0 aliphatic rings. The molecular formula is C17H24N2O. The first kappa shape index (κ1) is 14.9. The summed E-state index contributed by atoms with van der Waals surface area (Å²) in [6.45, 7) is 8.89. The zero-order valence-corrected chi connectivity index (χ0v) is 12.6. The van der Waals surface area contributed by atoms with Crippen LogP contribution in [0.1, 0.15) is 38.1 Å². The summed E-state index contributed by atoms with van der Waals surface area (Å²) in [6, 6.07) is 10.2. The van der Waals surface area contributed by atoms with E-state index in [1.165, 1.54) is 0 Å². The van der Waals surface area contributed by atoms with Crippen LogP contribution >= 0.6 is 0 Å². The van der Waals surface area contributed by atoms with Crippen molar-refractivity contribution in [3.63, 3.8) is 0 Å². The molecule has 1 atom stereocenters. The lowest BCUT2D eigenvalue weighted by atomic mass is 10.0. The minimum Gasteiger partial charge on any atom is -0.387 e. The second-order valence-corrected chi connectivity index (χ2v) is 5.08. The van der Waals surface area contributed by atoms with E-state index in [9.17, 15) is 5.11 Å². The Morgan fingerprint density at radius 2 is 1.85 bits per heavy atom. The van der Waals surface area contributed by atoms with Gasteiger partial charge in [0.05, 0.1) is 11.6 Å². The van der Waals surface area contributed by atoms with E-state index in [-0.39, 0.29) is 0 Å². The third-order valence-corrected chi connectivity index (χ3v) is 3.86. The highest BCUT2D eigenvalue weighted by Gasteiger charge is 2.15. The van der Waals surface area contributed by atoms with Crippen molar-refractivity contribution in [2.75, 3.05) is 19.6 Å². The lowest BCUT2D eigenvalue weighted by Gasteiger charge is -2.22. The molecule has 1 aromatic heterocycles. The quantitative estimate of drug-likeness (QED) is 0.877. The third-order valence-electron chi connectivity index (χ3n) is 3.86. The molecule has 2 rings (SSSR count). The van der Waals surface area contributed by atoms with Crippen LogP contribution in [0.5, 0.6) is 0 Å². The van der Waals surface area contributed by atoms with Crippen LogP contribution in [0.3, 0.4) is 0 Å². The van der Waals surface area contributed by atoms with Crippen LogP contribution in [-0.4, -0.2) is 34.6 Å². The van der Waals surface area contributed by atoms with E-state index in [1.807, 2.05) is 12.1 Å². The summed E-state index contributed by atoms with van der Waals surface area (Å²) >= 11 is 0. The minimum absolute atomic E-state index is 0.488. The number of likely N-dealkylation sites (N-methyl/N-ethyl adjacent to an activating group) is 1.